The molecular formula is C20H23ClN4O. The van der Waals surface area contributed by atoms with Crippen molar-refractivity contribution in [2.75, 3.05) is 18.0 Å². The summed E-state index contributed by atoms with van der Waals surface area (Å²) in [5.74, 6) is 3.23. The first-order valence-electron chi connectivity index (χ1n) is 9.16. The van der Waals surface area contributed by atoms with Crippen molar-refractivity contribution in [1.29, 1.82) is 0 Å². The number of pyridine rings is 1. The van der Waals surface area contributed by atoms with Crippen molar-refractivity contribution in [3.8, 4) is 0 Å². The van der Waals surface area contributed by atoms with Gasteiger partial charge in [0.15, 0.2) is 5.82 Å². The zero-order valence-corrected chi connectivity index (χ0v) is 16.1. The molecule has 1 saturated heterocycles. The van der Waals surface area contributed by atoms with E-state index < -0.39 is 0 Å². The number of halogens is 1. The molecule has 6 heteroatoms. The van der Waals surface area contributed by atoms with E-state index in [2.05, 4.69) is 41.9 Å². The average Bonchev–Trinajstić information content (AvgIpc) is 3.12. The predicted octanol–water partition coefficient (Wildman–Crippen LogP) is 5.09. The molecule has 0 amide bonds. The molecule has 0 saturated carbocycles. The monoisotopic (exact) mass is 370 g/mol. The fourth-order valence-corrected chi connectivity index (χ4v) is 3.69. The van der Waals surface area contributed by atoms with Gasteiger partial charge in [-0.3, -0.25) is 0 Å². The van der Waals surface area contributed by atoms with Crippen molar-refractivity contribution in [2.45, 2.75) is 45.4 Å². The predicted molar refractivity (Wildman–Crippen MR) is 104 cm³/mol. The average molecular weight is 371 g/mol. The SMILES string of the molecule is Cc1cc(N2CCC(c3nc(C(C)C)no3)CC2)nc2cc(Cl)ccc12. The Kier molecular flexibility index (Phi) is 4.57. The van der Waals surface area contributed by atoms with Crippen LogP contribution in [0.1, 0.15) is 55.8 Å². The van der Waals surface area contributed by atoms with E-state index in [9.17, 15) is 0 Å². The first kappa shape index (κ1) is 17.3. The summed E-state index contributed by atoms with van der Waals surface area (Å²) in [7, 11) is 0. The number of benzene rings is 1. The first-order chi connectivity index (χ1) is 12.5. The van der Waals surface area contributed by atoms with E-state index >= 15 is 0 Å². The summed E-state index contributed by atoms with van der Waals surface area (Å²) in [6, 6.07) is 8.06. The summed E-state index contributed by atoms with van der Waals surface area (Å²) >= 11 is 6.14. The van der Waals surface area contributed by atoms with Crippen LogP contribution in [0.15, 0.2) is 28.8 Å². The Morgan fingerprint density at radius 2 is 1.92 bits per heavy atom. The summed E-state index contributed by atoms with van der Waals surface area (Å²) in [6.07, 6.45) is 1.99. The lowest BCUT2D eigenvalue weighted by atomic mass is 9.96. The lowest BCUT2D eigenvalue weighted by Gasteiger charge is -2.31. The van der Waals surface area contributed by atoms with Crippen LogP contribution in [-0.4, -0.2) is 28.2 Å². The Bertz CT molecular complexity index is 929. The maximum absolute atomic E-state index is 6.14. The number of anilines is 1. The third-order valence-corrected chi connectivity index (χ3v) is 5.34. The van der Waals surface area contributed by atoms with Gasteiger partial charge in [0.2, 0.25) is 5.89 Å². The molecule has 5 nitrogen and oxygen atoms in total. The van der Waals surface area contributed by atoms with Crippen LogP contribution >= 0.6 is 11.6 Å². The molecule has 0 spiro atoms. The molecule has 3 aromatic rings. The van der Waals surface area contributed by atoms with Gasteiger partial charge in [0.1, 0.15) is 5.82 Å². The second-order valence-corrected chi connectivity index (χ2v) is 7.80. The second kappa shape index (κ2) is 6.88. The standard InChI is InChI=1S/C20H23ClN4O/c1-12(2)19-23-20(26-24-19)14-6-8-25(9-7-14)18-10-13(3)16-5-4-15(21)11-17(16)22-18/h4-5,10-12,14H,6-9H2,1-3H3. The van der Waals surface area contributed by atoms with E-state index in [0.717, 1.165) is 59.4 Å². The quantitative estimate of drug-likeness (QED) is 0.642. The zero-order chi connectivity index (χ0) is 18.3. The molecule has 0 bridgehead atoms. The molecule has 2 aromatic heterocycles. The van der Waals surface area contributed by atoms with Gasteiger partial charge < -0.3 is 9.42 Å². The van der Waals surface area contributed by atoms with Gasteiger partial charge in [0.25, 0.3) is 0 Å². The fraction of sp³-hybridized carbons (Fsp3) is 0.450. The molecule has 1 aliphatic heterocycles. The Balaban J connectivity index is 1.51. The Morgan fingerprint density at radius 1 is 1.15 bits per heavy atom. The highest BCUT2D eigenvalue weighted by atomic mass is 35.5. The number of hydrogen-bond acceptors (Lipinski definition) is 5. The van der Waals surface area contributed by atoms with E-state index in [-0.39, 0.29) is 0 Å². The van der Waals surface area contributed by atoms with Crippen LogP contribution in [0, 0.1) is 6.92 Å². The topological polar surface area (TPSA) is 55.1 Å². The van der Waals surface area contributed by atoms with Gasteiger partial charge in [-0.15, -0.1) is 0 Å². The van der Waals surface area contributed by atoms with Crippen molar-refractivity contribution in [3.63, 3.8) is 0 Å². The minimum absolute atomic E-state index is 0.296. The molecule has 0 aliphatic carbocycles. The maximum Gasteiger partial charge on any atom is 0.229 e. The summed E-state index contributed by atoms with van der Waals surface area (Å²) in [6.45, 7) is 8.15. The van der Waals surface area contributed by atoms with Crippen LogP contribution in [0.25, 0.3) is 10.9 Å². The molecule has 0 radical (unpaired) electrons. The Hall–Kier alpha value is -2.14. The third-order valence-electron chi connectivity index (χ3n) is 5.11. The number of fused-ring (bicyclic) bond motifs is 1. The minimum Gasteiger partial charge on any atom is -0.357 e. The normalized spacial score (nSPS) is 16.0. The van der Waals surface area contributed by atoms with Crippen molar-refractivity contribution in [2.24, 2.45) is 0 Å². The van der Waals surface area contributed by atoms with Gasteiger partial charge in [-0.2, -0.15) is 4.98 Å². The highest BCUT2D eigenvalue weighted by Crippen LogP contribution is 2.31. The second-order valence-electron chi connectivity index (χ2n) is 7.37. The lowest BCUT2D eigenvalue weighted by molar-refractivity contribution is 0.325. The van der Waals surface area contributed by atoms with Crippen LogP contribution in [0.2, 0.25) is 5.02 Å². The summed E-state index contributed by atoms with van der Waals surface area (Å²) in [4.78, 5) is 11.7. The van der Waals surface area contributed by atoms with Gasteiger partial charge >= 0.3 is 0 Å². The molecule has 1 aromatic carbocycles. The van der Waals surface area contributed by atoms with Gasteiger partial charge in [-0.1, -0.05) is 36.7 Å². The van der Waals surface area contributed by atoms with Crippen LogP contribution in [0.3, 0.4) is 0 Å². The number of piperidine rings is 1. The van der Waals surface area contributed by atoms with Crippen molar-refractivity contribution in [1.82, 2.24) is 15.1 Å². The van der Waals surface area contributed by atoms with Crippen molar-refractivity contribution in [3.05, 3.63) is 46.6 Å². The van der Waals surface area contributed by atoms with Gasteiger partial charge in [-0.25, -0.2) is 4.98 Å². The van der Waals surface area contributed by atoms with E-state index in [1.54, 1.807) is 0 Å². The smallest absolute Gasteiger partial charge is 0.229 e. The first-order valence-corrected chi connectivity index (χ1v) is 9.54. The molecule has 0 unspecified atom stereocenters. The van der Waals surface area contributed by atoms with Crippen LogP contribution in [0.4, 0.5) is 5.82 Å². The Morgan fingerprint density at radius 3 is 2.62 bits per heavy atom. The van der Waals surface area contributed by atoms with E-state index in [1.807, 2.05) is 18.2 Å². The van der Waals surface area contributed by atoms with E-state index in [1.165, 1.54) is 5.56 Å². The number of nitrogens with zero attached hydrogens (tertiary/aromatic N) is 4. The molecule has 26 heavy (non-hydrogen) atoms. The molecule has 1 fully saturated rings. The van der Waals surface area contributed by atoms with Crippen LogP contribution < -0.4 is 4.90 Å². The van der Waals surface area contributed by atoms with Gasteiger partial charge in [-0.05, 0) is 43.5 Å². The largest absolute Gasteiger partial charge is 0.357 e. The zero-order valence-electron chi connectivity index (χ0n) is 15.4. The van der Waals surface area contributed by atoms with Crippen LogP contribution in [-0.2, 0) is 0 Å². The molecule has 3 heterocycles. The van der Waals surface area contributed by atoms with Crippen LogP contribution in [0.5, 0.6) is 0 Å². The molecule has 1 aliphatic rings. The summed E-state index contributed by atoms with van der Waals surface area (Å²) < 4.78 is 5.49. The molecule has 136 valence electrons. The number of aryl methyl sites for hydroxylation is 1. The molecule has 0 atom stereocenters. The van der Waals surface area contributed by atoms with Crippen molar-refractivity contribution >= 4 is 28.3 Å². The highest BCUT2D eigenvalue weighted by molar-refractivity contribution is 6.31. The minimum atomic E-state index is 0.296. The lowest BCUT2D eigenvalue weighted by Crippen LogP contribution is -2.33. The van der Waals surface area contributed by atoms with Gasteiger partial charge in [0, 0.05) is 35.3 Å². The molecule has 4 rings (SSSR count). The Labute approximate surface area is 158 Å². The summed E-state index contributed by atoms with van der Waals surface area (Å²) in [5.41, 5.74) is 2.18. The number of rotatable bonds is 3. The van der Waals surface area contributed by atoms with E-state index in [0.29, 0.717) is 11.8 Å². The summed E-state index contributed by atoms with van der Waals surface area (Å²) in [5, 5.41) is 5.97. The van der Waals surface area contributed by atoms with E-state index in [4.69, 9.17) is 21.1 Å². The highest BCUT2D eigenvalue weighted by Gasteiger charge is 2.26. The van der Waals surface area contributed by atoms with Crippen molar-refractivity contribution < 1.29 is 4.52 Å². The number of hydrogen-bond donors (Lipinski definition) is 0. The molecular weight excluding hydrogens is 348 g/mol. The van der Waals surface area contributed by atoms with Gasteiger partial charge in [0.05, 0.1) is 5.52 Å². The third kappa shape index (κ3) is 3.28. The fourth-order valence-electron chi connectivity index (χ4n) is 3.52. The maximum atomic E-state index is 6.14. The number of aromatic nitrogens is 3. The molecule has 0 N–H and O–H groups in total.